The molecule has 0 saturated heterocycles. The summed E-state index contributed by atoms with van der Waals surface area (Å²) in [7, 11) is 0. The van der Waals surface area contributed by atoms with Crippen LogP contribution in [-0.4, -0.2) is 4.98 Å². The molecule has 1 heterocycles. The number of fused-ring (bicyclic) bond motifs is 1. The maximum atomic E-state index is 5.84. The average molecular weight is 182 g/mol. The molecular weight excluding hydrogens is 170 g/mol. The number of aromatic nitrogens is 1. The van der Waals surface area contributed by atoms with Gasteiger partial charge in [0.25, 0.3) is 0 Å². The van der Waals surface area contributed by atoms with Crippen molar-refractivity contribution in [1.82, 2.24) is 4.98 Å². The summed E-state index contributed by atoms with van der Waals surface area (Å²) in [6, 6.07) is 3.97. The van der Waals surface area contributed by atoms with Crippen LogP contribution in [0.1, 0.15) is 31.5 Å². The van der Waals surface area contributed by atoms with E-state index in [0.29, 0.717) is 5.15 Å². The fourth-order valence-electron chi connectivity index (χ4n) is 1.82. The van der Waals surface area contributed by atoms with Crippen molar-refractivity contribution in [3.05, 3.63) is 28.5 Å². The first-order valence-corrected chi connectivity index (χ1v) is 4.63. The minimum Gasteiger partial charge on any atom is -0.240 e. The molecule has 0 atom stereocenters. The molecule has 0 unspecified atom stereocenters. The molecule has 2 heteroatoms. The highest BCUT2D eigenvalue weighted by Gasteiger charge is 2.31. The smallest absolute Gasteiger partial charge is 0.129 e. The Labute approximate surface area is 77.8 Å². The van der Waals surface area contributed by atoms with E-state index >= 15 is 0 Å². The molecule has 0 saturated carbocycles. The van der Waals surface area contributed by atoms with Crippen molar-refractivity contribution in [2.75, 3.05) is 0 Å². The van der Waals surface area contributed by atoms with Gasteiger partial charge in [0.15, 0.2) is 0 Å². The number of halogens is 1. The molecule has 2 rings (SSSR count). The summed E-state index contributed by atoms with van der Waals surface area (Å²) in [6.07, 6.45) is 2.34. The fourth-order valence-corrected chi connectivity index (χ4v) is 1.96. The van der Waals surface area contributed by atoms with Crippen molar-refractivity contribution in [2.24, 2.45) is 0 Å². The number of hydrogen-bond acceptors (Lipinski definition) is 1. The van der Waals surface area contributed by atoms with Crippen LogP contribution < -0.4 is 0 Å². The second kappa shape index (κ2) is 2.46. The molecule has 1 aliphatic rings. The topological polar surface area (TPSA) is 12.9 Å². The van der Waals surface area contributed by atoms with Crippen LogP contribution in [0.5, 0.6) is 0 Å². The summed E-state index contributed by atoms with van der Waals surface area (Å²) in [5, 5.41) is 0.615. The third-order valence-electron chi connectivity index (χ3n) is 2.61. The van der Waals surface area contributed by atoms with E-state index in [4.69, 9.17) is 11.6 Å². The van der Waals surface area contributed by atoms with E-state index in [-0.39, 0.29) is 5.41 Å². The first-order chi connectivity index (χ1) is 5.59. The van der Waals surface area contributed by atoms with Gasteiger partial charge in [0.1, 0.15) is 5.15 Å². The Hall–Kier alpha value is -0.560. The summed E-state index contributed by atoms with van der Waals surface area (Å²) in [5.74, 6) is 0. The maximum absolute atomic E-state index is 5.84. The summed E-state index contributed by atoms with van der Waals surface area (Å²) in [4.78, 5) is 4.37. The number of aryl methyl sites for hydroxylation is 1. The van der Waals surface area contributed by atoms with Gasteiger partial charge in [-0.15, -0.1) is 0 Å². The highest BCUT2D eigenvalue weighted by Crippen LogP contribution is 2.37. The Balaban J connectivity index is 2.57. The molecule has 0 radical (unpaired) electrons. The van der Waals surface area contributed by atoms with E-state index < -0.39 is 0 Å². The van der Waals surface area contributed by atoms with Gasteiger partial charge in [0.2, 0.25) is 0 Å². The third-order valence-corrected chi connectivity index (χ3v) is 2.82. The van der Waals surface area contributed by atoms with Crippen LogP contribution in [0.15, 0.2) is 12.1 Å². The second-order valence-corrected chi connectivity index (χ2v) is 4.41. The van der Waals surface area contributed by atoms with Gasteiger partial charge in [-0.2, -0.15) is 0 Å². The van der Waals surface area contributed by atoms with Crippen molar-refractivity contribution >= 4 is 11.6 Å². The minimum atomic E-state index is 0.222. The standard InChI is InChI=1S/C10H12ClN/c1-10(2)6-5-7-3-4-8(11)12-9(7)10/h3-4H,5-6H2,1-2H3. The van der Waals surface area contributed by atoms with Crippen LogP contribution in [0.3, 0.4) is 0 Å². The molecule has 0 amide bonds. The van der Waals surface area contributed by atoms with E-state index in [1.165, 1.54) is 17.7 Å². The van der Waals surface area contributed by atoms with Crippen LogP contribution in [0.25, 0.3) is 0 Å². The molecule has 0 bridgehead atoms. The predicted octanol–water partition coefficient (Wildman–Crippen LogP) is 2.96. The molecule has 12 heavy (non-hydrogen) atoms. The average Bonchev–Trinajstić information content (AvgIpc) is 2.28. The highest BCUT2D eigenvalue weighted by molar-refractivity contribution is 6.29. The summed E-state index contributed by atoms with van der Waals surface area (Å²) < 4.78 is 0. The zero-order chi connectivity index (χ0) is 8.77. The molecule has 0 aromatic carbocycles. The van der Waals surface area contributed by atoms with Crippen molar-refractivity contribution in [3.8, 4) is 0 Å². The van der Waals surface area contributed by atoms with Crippen LogP contribution in [0.2, 0.25) is 5.15 Å². The lowest BCUT2D eigenvalue weighted by Gasteiger charge is -2.17. The zero-order valence-electron chi connectivity index (χ0n) is 7.39. The van der Waals surface area contributed by atoms with Gasteiger partial charge in [-0.3, -0.25) is 0 Å². The van der Waals surface area contributed by atoms with Gasteiger partial charge < -0.3 is 0 Å². The summed E-state index contributed by atoms with van der Waals surface area (Å²) in [6.45, 7) is 4.45. The summed E-state index contributed by atoms with van der Waals surface area (Å²) in [5.41, 5.74) is 2.78. The molecule has 1 aromatic rings. The van der Waals surface area contributed by atoms with Crippen LogP contribution >= 0.6 is 11.6 Å². The van der Waals surface area contributed by atoms with E-state index in [1.54, 1.807) is 0 Å². The fraction of sp³-hybridized carbons (Fsp3) is 0.500. The molecule has 1 aromatic heterocycles. The Kier molecular flexibility index (Phi) is 1.65. The molecular formula is C10H12ClN. The Morgan fingerprint density at radius 3 is 2.92 bits per heavy atom. The van der Waals surface area contributed by atoms with Gasteiger partial charge in [0, 0.05) is 5.41 Å². The van der Waals surface area contributed by atoms with Gasteiger partial charge in [-0.05, 0) is 24.5 Å². The van der Waals surface area contributed by atoms with Gasteiger partial charge in [-0.25, -0.2) is 4.98 Å². The van der Waals surface area contributed by atoms with Crippen LogP contribution in [-0.2, 0) is 11.8 Å². The Morgan fingerprint density at radius 1 is 1.42 bits per heavy atom. The van der Waals surface area contributed by atoms with Crippen molar-refractivity contribution in [1.29, 1.82) is 0 Å². The van der Waals surface area contributed by atoms with Crippen LogP contribution in [0, 0.1) is 0 Å². The molecule has 0 aliphatic heterocycles. The molecule has 1 nitrogen and oxygen atoms in total. The SMILES string of the molecule is CC1(C)CCc2ccc(Cl)nc21. The van der Waals surface area contributed by atoms with Gasteiger partial charge in [-0.1, -0.05) is 31.5 Å². The molecule has 0 N–H and O–H groups in total. The zero-order valence-corrected chi connectivity index (χ0v) is 8.15. The first-order valence-electron chi connectivity index (χ1n) is 4.25. The second-order valence-electron chi connectivity index (χ2n) is 4.03. The van der Waals surface area contributed by atoms with E-state index in [0.717, 1.165) is 6.42 Å². The van der Waals surface area contributed by atoms with Gasteiger partial charge in [0.05, 0.1) is 5.69 Å². The van der Waals surface area contributed by atoms with Gasteiger partial charge >= 0.3 is 0 Å². The number of hydrogen-bond donors (Lipinski definition) is 0. The van der Waals surface area contributed by atoms with Crippen LogP contribution in [0.4, 0.5) is 0 Å². The number of rotatable bonds is 0. The molecule has 64 valence electrons. The third kappa shape index (κ3) is 1.13. The maximum Gasteiger partial charge on any atom is 0.129 e. The number of pyridine rings is 1. The molecule has 0 fully saturated rings. The highest BCUT2D eigenvalue weighted by atomic mass is 35.5. The number of nitrogens with zero attached hydrogens (tertiary/aromatic N) is 1. The lowest BCUT2D eigenvalue weighted by Crippen LogP contribution is -2.13. The normalized spacial score (nSPS) is 19.2. The van der Waals surface area contributed by atoms with Crippen molar-refractivity contribution in [2.45, 2.75) is 32.1 Å². The molecule has 1 aliphatic carbocycles. The monoisotopic (exact) mass is 181 g/mol. The van der Waals surface area contributed by atoms with Crippen molar-refractivity contribution in [3.63, 3.8) is 0 Å². The lowest BCUT2D eigenvalue weighted by molar-refractivity contribution is 0.509. The largest absolute Gasteiger partial charge is 0.240 e. The quantitative estimate of drug-likeness (QED) is 0.561. The molecule has 0 spiro atoms. The minimum absolute atomic E-state index is 0.222. The first kappa shape index (κ1) is 8.06. The van der Waals surface area contributed by atoms with E-state index in [2.05, 4.69) is 24.9 Å². The Bertz CT molecular complexity index is 318. The van der Waals surface area contributed by atoms with E-state index in [9.17, 15) is 0 Å². The summed E-state index contributed by atoms with van der Waals surface area (Å²) >= 11 is 5.84. The Morgan fingerprint density at radius 2 is 2.17 bits per heavy atom. The van der Waals surface area contributed by atoms with E-state index in [1.807, 2.05) is 6.07 Å². The lowest BCUT2D eigenvalue weighted by atomic mass is 9.91. The van der Waals surface area contributed by atoms with Crippen molar-refractivity contribution < 1.29 is 0 Å². The predicted molar refractivity (Wildman–Crippen MR) is 50.6 cm³/mol.